The molecule has 5 heteroatoms. The molecular weight excluding hydrogens is 388 g/mol. The first-order chi connectivity index (χ1) is 15.1. The van der Waals surface area contributed by atoms with E-state index in [1.54, 1.807) is 0 Å². The predicted octanol–water partition coefficient (Wildman–Crippen LogP) is 6.09. The average Bonchev–Trinajstić information content (AvgIpc) is 2.80. The minimum atomic E-state index is -0.140. The van der Waals surface area contributed by atoms with Crippen LogP contribution in [0.1, 0.15) is 90.9 Å². The number of hydrogen-bond acceptors (Lipinski definition) is 3. The van der Waals surface area contributed by atoms with Crippen molar-refractivity contribution in [2.75, 3.05) is 18.5 Å². The van der Waals surface area contributed by atoms with Gasteiger partial charge in [0.1, 0.15) is 5.75 Å². The van der Waals surface area contributed by atoms with E-state index in [9.17, 15) is 9.59 Å². The molecule has 0 aliphatic heterocycles. The van der Waals surface area contributed by atoms with Crippen LogP contribution in [0.4, 0.5) is 5.69 Å². The van der Waals surface area contributed by atoms with Crippen LogP contribution < -0.4 is 15.4 Å². The van der Waals surface area contributed by atoms with Crippen molar-refractivity contribution in [3.63, 3.8) is 0 Å². The summed E-state index contributed by atoms with van der Waals surface area (Å²) in [6, 6.07) is 7.50. The van der Waals surface area contributed by atoms with Gasteiger partial charge in [0.15, 0.2) is 0 Å². The second-order valence-corrected chi connectivity index (χ2v) is 8.93. The first kappa shape index (κ1) is 25.2. The average molecular weight is 431 g/mol. The maximum Gasteiger partial charge on any atom is 0.224 e. The van der Waals surface area contributed by atoms with Crippen molar-refractivity contribution in [2.45, 2.75) is 90.9 Å². The number of nitrogens with one attached hydrogen (secondary N) is 2. The van der Waals surface area contributed by atoms with Crippen LogP contribution in [0.15, 0.2) is 24.3 Å². The minimum Gasteiger partial charge on any atom is -0.494 e. The topological polar surface area (TPSA) is 67.4 Å². The molecule has 0 aromatic heterocycles. The molecule has 0 spiro atoms. The Balaban J connectivity index is 1.61. The number of rotatable bonds is 14. The number of ether oxygens (including phenoxy) is 1. The highest BCUT2D eigenvalue weighted by molar-refractivity contribution is 5.93. The van der Waals surface area contributed by atoms with E-state index in [1.807, 2.05) is 24.3 Å². The summed E-state index contributed by atoms with van der Waals surface area (Å²) in [6.45, 7) is 5.80. The van der Waals surface area contributed by atoms with Gasteiger partial charge < -0.3 is 15.4 Å². The molecule has 0 bridgehead atoms. The third-order valence-corrected chi connectivity index (χ3v) is 6.37. The van der Waals surface area contributed by atoms with Gasteiger partial charge in [-0.25, -0.2) is 0 Å². The van der Waals surface area contributed by atoms with Crippen LogP contribution in [0.5, 0.6) is 5.75 Å². The Labute approximate surface area is 188 Å². The normalized spacial score (nSPS) is 15.3. The number of hydrogen-bond donors (Lipinski definition) is 2. The summed E-state index contributed by atoms with van der Waals surface area (Å²) >= 11 is 0. The van der Waals surface area contributed by atoms with E-state index in [1.165, 1.54) is 44.9 Å². The fourth-order valence-electron chi connectivity index (χ4n) is 4.19. The molecule has 174 valence electrons. The molecule has 1 saturated carbocycles. The molecule has 1 aromatic carbocycles. The van der Waals surface area contributed by atoms with Gasteiger partial charge >= 0.3 is 0 Å². The highest BCUT2D eigenvalue weighted by atomic mass is 16.5. The summed E-state index contributed by atoms with van der Waals surface area (Å²) in [7, 11) is 0. The van der Waals surface area contributed by atoms with Crippen molar-refractivity contribution >= 4 is 17.5 Å². The van der Waals surface area contributed by atoms with Gasteiger partial charge in [-0.3, -0.25) is 9.59 Å². The van der Waals surface area contributed by atoms with Gasteiger partial charge in [0, 0.05) is 25.1 Å². The lowest BCUT2D eigenvalue weighted by molar-refractivity contribution is -0.124. The van der Waals surface area contributed by atoms with Crippen LogP contribution in [-0.4, -0.2) is 25.0 Å². The molecule has 1 aliphatic rings. The summed E-state index contributed by atoms with van der Waals surface area (Å²) in [5, 5.41) is 5.84. The van der Waals surface area contributed by atoms with Crippen molar-refractivity contribution in [1.82, 2.24) is 5.32 Å². The summed E-state index contributed by atoms with van der Waals surface area (Å²) < 4.78 is 5.86. The molecule has 1 aliphatic carbocycles. The van der Waals surface area contributed by atoms with Gasteiger partial charge in [-0.15, -0.1) is 0 Å². The third kappa shape index (κ3) is 10.7. The van der Waals surface area contributed by atoms with Crippen LogP contribution >= 0.6 is 0 Å². The van der Waals surface area contributed by atoms with Crippen LogP contribution in [0.2, 0.25) is 0 Å². The molecule has 1 atom stereocenters. The van der Waals surface area contributed by atoms with E-state index >= 15 is 0 Å². The maximum atomic E-state index is 12.2. The van der Waals surface area contributed by atoms with Crippen molar-refractivity contribution in [3.8, 4) is 5.75 Å². The molecule has 0 heterocycles. The quantitative estimate of drug-likeness (QED) is 0.375. The first-order valence-electron chi connectivity index (χ1n) is 12.4. The van der Waals surface area contributed by atoms with Gasteiger partial charge in [-0.05, 0) is 48.9 Å². The highest BCUT2D eigenvalue weighted by Gasteiger charge is 2.13. The molecule has 5 nitrogen and oxygen atoms in total. The largest absolute Gasteiger partial charge is 0.494 e. The maximum absolute atomic E-state index is 12.2. The van der Waals surface area contributed by atoms with Crippen molar-refractivity contribution in [1.29, 1.82) is 0 Å². The Morgan fingerprint density at radius 1 is 1.03 bits per heavy atom. The number of anilines is 1. The van der Waals surface area contributed by atoms with E-state index in [0.717, 1.165) is 43.2 Å². The standard InChI is InChI=1S/C26H42N2O3/c1-3-5-9-21(4-2)20-27-25(29)16-17-26(30)28-23-12-14-24(15-13-23)31-19-18-22-10-7-6-8-11-22/h12-15,21-22H,3-11,16-20H2,1-2H3,(H,27,29)(H,28,30)/t21-/m0/s1. The Hall–Kier alpha value is -2.04. The number of carbonyl (C=O) groups excluding carboxylic acids is 2. The molecular formula is C26H42N2O3. The lowest BCUT2D eigenvalue weighted by atomic mass is 9.87. The van der Waals surface area contributed by atoms with Crippen LogP contribution in [0.25, 0.3) is 0 Å². The lowest BCUT2D eigenvalue weighted by Crippen LogP contribution is -2.29. The van der Waals surface area contributed by atoms with Gasteiger partial charge in [-0.1, -0.05) is 65.2 Å². The molecule has 0 unspecified atom stereocenters. The number of unbranched alkanes of at least 4 members (excludes halogenated alkanes) is 1. The zero-order chi connectivity index (χ0) is 22.3. The summed E-state index contributed by atoms with van der Waals surface area (Å²) in [5.74, 6) is 1.99. The summed E-state index contributed by atoms with van der Waals surface area (Å²) in [5.41, 5.74) is 0.732. The molecule has 2 rings (SSSR count). The zero-order valence-corrected chi connectivity index (χ0v) is 19.6. The SMILES string of the molecule is CCCC[C@H](CC)CNC(=O)CCC(=O)Nc1ccc(OCCC2CCCCC2)cc1. The van der Waals surface area contributed by atoms with Gasteiger partial charge in [-0.2, -0.15) is 0 Å². The Kier molecular flexibility index (Phi) is 12.1. The lowest BCUT2D eigenvalue weighted by Gasteiger charge is -2.21. The third-order valence-electron chi connectivity index (χ3n) is 6.37. The minimum absolute atomic E-state index is 0.0492. The van der Waals surface area contributed by atoms with E-state index in [-0.39, 0.29) is 24.7 Å². The van der Waals surface area contributed by atoms with Crippen molar-refractivity contribution in [2.24, 2.45) is 11.8 Å². The van der Waals surface area contributed by atoms with Crippen LogP contribution in [-0.2, 0) is 9.59 Å². The van der Waals surface area contributed by atoms with Crippen molar-refractivity contribution < 1.29 is 14.3 Å². The second kappa shape index (κ2) is 14.9. The number of amides is 2. The van der Waals surface area contributed by atoms with E-state index < -0.39 is 0 Å². The fourth-order valence-corrected chi connectivity index (χ4v) is 4.19. The predicted molar refractivity (Wildman–Crippen MR) is 127 cm³/mol. The van der Waals surface area contributed by atoms with Gasteiger partial charge in [0.2, 0.25) is 11.8 Å². The van der Waals surface area contributed by atoms with E-state index in [0.29, 0.717) is 12.5 Å². The fraction of sp³-hybridized carbons (Fsp3) is 0.692. The Morgan fingerprint density at radius 3 is 2.42 bits per heavy atom. The summed E-state index contributed by atoms with van der Waals surface area (Å²) in [6.07, 6.45) is 12.9. The van der Waals surface area contributed by atoms with Gasteiger partial charge in [0.05, 0.1) is 6.61 Å². The molecule has 0 saturated heterocycles. The second-order valence-electron chi connectivity index (χ2n) is 8.93. The Bertz CT molecular complexity index is 639. The first-order valence-corrected chi connectivity index (χ1v) is 12.4. The van der Waals surface area contributed by atoms with E-state index in [2.05, 4.69) is 24.5 Å². The highest BCUT2D eigenvalue weighted by Crippen LogP contribution is 2.26. The van der Waals surface area contributed by atoms with Crippen molar-refractivity contribution in [3.05, 3.63) is 24.3 Å². The smallest absolute Gasteiger partial charge is 0.224 e. The van der Waals surface area contributed by atoms with Gasteiger partial charge in [0.25, 0.3) is 0 Å². The molecule has 0 radical (unpaired) electrons. The number of carbonyl (C=O) groups is 2. The molecule has 1 aromatic rings. The molecule has 2 N–H and O–H groups in total. The molecule has 1 fully saturated rings. The van der Waals surface area contributed by atoms with Crippen LogP contribution in [0.3, 0.4) is 0 Å². The Morgan fingerprint density at radius 2 is 1.74 bits per heavy atom. The zero-order valence-electron chi connectivity index (χ0n) is 19.6. The monoisotopic (exact) mass is 430 g/mol. The summed E-state index contributed by atoms with van der Waals surface area (Å²) in [4.78, 5) is 24.2. The molecule has 31 heavy (non-hydrogen) atoms. The molecule has 2 amide bonds. The van der Waals surface area contributed by atoms with E-state index in [4.69, 9.17) is 4.74 Å². The van der Waals surface area contributed by atoms with Crippen LogP contribution in [0, 0.1) is 11.8 Å². The number of benzene rings is 1.